The van der Waals surface area contributed by atoms with Crippen molar-refractivity contribution in [2.24, 2.45) is 13.0 Å². The van der Waals surface area contributed by atoms with Crippen LogP contribution in [-0.2, 0) is 13.5 Å². The molecule has 0 saturated carbocycles. The third-order valence-electron chi connectivity index (χ3n) is 3.62. The second kappa shape index (κ2) is 7.49. The first-order valence-corrected chi connectivity index (χ1v) is 6.89. The second-order valence-corrected chi connectivity index (χ2v) is 4.93. The van der Waals surface area contributed by atoms with Crippen LogP contribution in [0.2, 0.25) is 0 Å². The van der Waals surface area contributed by atoms with Crippen molar-refractivity contribution in [1.29, 1.82) is 0 Å². The maximum absolute atomic E-state index is 4.22. The van der Waals surface area contributed by atoms with Crippen LogP contribution in [0.25, 0.3) is 0 Å². The number of hydrogen-bond acceptors (Lipinski definition) is 2. The molecule has 1 rings (SSSR count). The van der Waals surface area contributed by atoms with Crippen LogP contribution >= 0.6 is 0 Å². The smallest absolute Gasteiger partial charge is 0.0492 e. The van der Waals surface area contributed by atoms with Gasteiger partial charge in [-0.25, -0.2) is 0 Å². The molecule has 0 aliphatic rings. The fourth-order valence-corrected chi connectivity index (χ4v) is 2.15. The van der Waals surface area contributed by atoms with E-state index in [1.807, 2.05) is 17.9 Å². The molecule has 0 amide bonds. The van der Waals surface area contributed by atoms with Gasteiger partial charge in [0.15, 0.2) is 0 Å². The van der Waals surface area contributed by atoms with Crippen molar-refractivity contribution in [2.45, 2.75) is 52.5 Å². The summed E-state index contributed by atoms with van der Waals surface area (Å²) in [6.07, 6.45) is 6.65. The molecule has 3 nitrogen and oxygen atoms in total. The first kappa shape index (κ1) is 14.2. The second-order valence-electron chi connectivity index (χ2n) is 4.93. The van der Waals surface area contributed by atoms with Crippen LogP contribution in [0.3, 0.4) is 0 Å². The Morgan fingerprint density at radius 1 is 1.41 bits per heavy atom. The molecule has 0 aliphatic carbocycles. The zero-order chi connectivity index (χ0) is 12.7. The predicted octanol–water partition coefficient (Wildman–Crippen LogP) is 2.77. The predicted molar refractivity (Wildman–Crippen MR) is 73.1 cm³/mol. The third-order valence-corrected chi connectivity index (χ3v) is 3.62. The van der Waals surface area contributed by atoms with Crippen molar-refractivity contribution in [2.75, 3.05) is 6.54 Å². The molecule has 0 radical (unpaired) electrons. The summed E-state index contributed by atoms with van der Waals surface area (Å²) in [4.78, 5) is 0. The molecule has 0 bridgehead atoms. The van der Waals surface area contributed by atoms with Crippen molar-refractivity contribution in [3.05, 3.63) is 18.0 Å². The zero-order valence-electron chi connectivity index (χ0n) is 11.7. The highest BCUT2D eigenvalue weighted by atomic mass is 15.2. The molecule has 0 saturated heterocycles. The van der Waals surface area contributed by atoms with Gasteiger partial charge >= 0.3 is 0 Å². The van der Waals surface area contributed by atoms with E-state index in [1.165, 1.54) is 25.0 Å². The Balaban J connectivity index is 2.45. The van der Waals surface area contributed by atoms with Crippen LogP contribution in [0.5, 0.6) is 0 Å². The minimum absolute atomic E-state index is 0.634. The van der Waals surface area contributed by atoms with E-state index in [4.69, 9.17) is 0 Å². The Labute approximate surface area is 106 Å². The van der Waals surface area contributed by atoms with Crippen LogP contribution in [0, 0.1) is 5.92 Å². The Kier molecular flexibility index (Phi) is 6.27. The van der Waals surface area contributed by atoms with E-state index in [1.54, 1.807) is 0 Å². The van der Waals surface area contributed by atoms with Crippen LogP contribution < -0.4 is 5.32 Å². The van der Waals surface area contributed by atoms with Crippen molar-refractivity contribution in [3.8, 4) is 0 Å². The summed E-state index contributed by atoms with van der Waals surface area (Å²) in [5.74, 6) is 0.745. The van der Waals surface area contributed by atoms with Crippen molar-refractivity contribution in [1.82, 2.24) is 15.1 Å². The lowest BCUT2D eigenvalue weighted by molar-refractivity contribution is 0.346. The van der Waals surface area contributed by atoms with Gasteiger partial charge in [0.05, 0.1) is 0 Å². The number of nitrogens with zero attached hydrogens (tertiary/aromatic N) is 2. The summed E-state index contributed by atoms with van der Waals surface area (Å²) in [6.45, 7) is 7.97. The summed E-state index contributed by atoms with van der Waals surface area (Å²) >= 11 is 0. The van der Waals surface area contributed by atoms with Crippen molar-refractivity contribution < 1.29 is 0 Å². The van der Waals surface area contributed by atoms with Gasteiger partial charge in [0.25, 0.3) is 0 Å². The Morgan fingerprint density at radius 3 is 2.71 bits per heavy atom. The van der Waals surface area contributed by atoms with E-state index in [-0.39, 0.29) is 0 Å². The topological polar surface area (TPSA) is 29.9 Å². The zero-order valence-corrected chi connectivity index (χ0v) is 11.7. The number of aryl methyl sites for hydroxylation is 2. The molecule has 17 heavy (non-hydrogen) atoms. The fourth-order valence-electron chi connectivity index (χ4n) is 2.15. The molecule has 3 heteroatoms. The van der Waals surface area contributed by atoms with Gasteiger partial charge in [-0.3, -0.25) is 4.68 Å². The normalized spacial score (nSPS) is 14.8. The van der Waals surface area contributed by atoms with Crippen molar-refractivity contribution >= 4 is 0 Å². The molecular formula is C14H27N3. The first-order valence-electron chi connectivity index (χ1n) is 6.89. The summed E-state index contributed by atoms with van der Waals surface area (Å²) in [5, 5.41) is 7.89. The van der Waals surface area contributed by atoms with Gasteiger partial charge in [-0.15, -0.1) is 0 Å². The van der Waals surface area contributed by atoms with Crippen LogP contribution in [-0.4, -0.2) is 22.4 Å². The average Bonchev–Trinajstić information content (AvgIpc) is 2.74. The van der Waals surface area contributed by atoms with Gasteiger partial charge in [0.1, 0.15) is 0 Å². The minimum atomic E-state index is 0.634. The molecule has 0 spiro atoms. The van der Waals surface area contributed by atoms with Gasteiger partial charge in [-0.2, -0.15) is 5.10 Å². The highest BCUT2D eigenvalue weighted by Crippen LogP contribution is 2.14. The molecule has 2 unspecified atom stereocenters. The molecule has 2 atom stereocenters. The number of nitrogens with one attached hydrogen (secondary N) is 1. The van der Waals surface area contributed by atoms with Crippen LogP contribution in [0.4, 0.5) is 0 Å². The Morgan fingerprint density at radius 2 is 2.18 bits per heavy atom. The highest BCUT2D eigenvalue weighted by molar-refractivity contribution is 5.00. The van der Waals surface area contributed by atoms with Gasteiger partial charge in [0, 0.05) is 25.0 Å². The summed E-state index contributed by atoms with van der Waals surface area (Å²) in [6, 6.07) is 2.75. The SMILES string of the molecule is CCCNC(CCc1ccnn1C)C(C)CC. The van der Waals surface area contributed by atoms with E-state index >= 15 is 0 Å². The lowest BCUT2D eigenvalue weighted by Crippen LogP contribution is -2.35. The summed E-state index contributed by atoms with van der Waals surface area (Å²) in [5.41, 5.74) is 1.33. The number of hydrogen-bond donors (Lipinski definition) is 1. The maximum Gasteiger partial charge on any atom is 0.0492 e. The van der Waals surface area contributed by atoms with Crippen molar-refractivity contribution in [3.63, 3.8) is 0 Å². The maximum atomic E-state index is 4.22. The molecule has 1 heterocycles. The average molecular weight is 237 g/mol. The Hall–Kier alpha value is -0.830. The van der Waals surface area contributed by atoms with Gasteiger partial charge in [-0.1, -0.05) is 27.2 Å². The van der Waals surface area contributed by atoms with Gasteiger partial charge in [0.2, 0.25) is 0 Å². The molecule has 1 N–H and O–H groups in total. The van der Waals surface area contributed by atoms with E-state index in [0.717, 1.165) is 18.9 Å². The molecule has 0 fully saturated rings. The fraction of sp³-hybridized carbons (Fsp3) is 0.786. The van der Waals surface area contributed by atoms with Gasteiger partial charge < -0.3 is 5.32 Å². The summed E-state index contributed by atoms with van der Waals surface area (Å²) < 4.78 is 1.98. The lowest BCUT2D eigenvalue weighted by Gasteiger charge is -2.24. The quantitative estimate of drug-likeness (QED) is 0.753. The third kappa shape index (κ3) is 4.50. The largest absolute Gasteiger partial charge is 0.314 e. The highest BCUT2D eigenvalue weighted by Gasteiger charge is 2.15. The molecule has 98 valence electrons. The molecule has 1 aromatic heterocycles. The summed E-state index contributed by atoms with van der Waals surface area (Å²) in [7, 11) is 2.02. The number of aromatic nitrogens is 2. The van der Waals surface area contributed by atoms with Gasteiger partial charge in [-0.05, 0) is 37.8 Å². The molecule has 0 aliphatic heterocycles. The Bertz CT molecular complexity index is 306. The van der Waals surface area contributed by atoms with Crippen LogP contribution in [0.15, 0.2) is 12.3 Å². The molecule has 0 aromatic carbocycles. The van der Waals surface area contributed by atoms with E-state index in [2.05, 4.69) is 37.3 Å². The standard InChI is InChI=1S/C14H27N3/c1-5-10-15-14(12(3)6-2)8-7-13-9-11-16-17(13)4/h9,11-12,14-15H,5-8,10H2,1-4H3. The van der Waals surface area contributed by atoms with E-state index in [0.29, 0.717) is 6.04 Å². The first-order chi connectivity index (χ1) is 8.19. The monoisotopic (exact) mass is 237 g/mol. The van der Waals surface area contributed by atoms with E-state index in [9.17, 15) is 0 Å². The molecule has 1 aromatic rings. The lowest BCUT2D eigenvalue weighted by atomic mass is 9.94. The molecular weight excluding hydrogens is 210 g/mol. The minimum Gasteiger partial charge on any atom is -0.314 e. The number of rotatable bonds is 8. The van der Waals surface area contributed by atoms with E-state index < -0.39 is 0 Å². The van der Waals surface area contributed by atoms with Crippen LogP contribution in [0.1, 0.15) is 45.7 Å².